The van der Waals surface area contributed by atoms with Crippen LogP contribution < -0.4 is 4.90 Å². The van der Waals surface area contributed by atoms with Crippen molar-refractivity contribution in [2.45, 2.75) is 18.4 Å². The Morgan fingerprint density at radius 1 is 1.00 bits per heavy atom. The lowest BCUT2D eigenvalue weighted by atomic mass is 9.87. The molecule has 0 bridgehead atoms. The van der Waals surface area contributed by atoms with Gasteiger partial charge in [0.05, 0.1) is 0 Å². The Hall–Kier alpha value is -2.29. The van der Waals surface area contributed by atoms with Crippen molar-refractivity contribution in [1.82, 2.24) is 0 Å². The van der Waals surface area contributed by atoms with Crippen LogP contribution in [0.25, 0.3) is 0 Å². The second kappa shape index (κ2) is 5.00. The van der Waals surface area contributed by atoms with Gasteiger partial charge < -0.3 is 10.0 Å². The Balaban J connectivity index is 2.13. The van der Waals surface area contributed by atoms with Crippen LogP contribution in [0.1, 0.15) is 18.4 Å². The molecule has 1 aliphatic rings. The molecule has 1 fully saturated rings. The molecule has 20 heavy (non-hydrogen) atoms. The molecule has 0 amide bonds. The molecule has 102 valence electrons. The molecule has 0 radical (unpaired) electrons. The van der Waals surface area contributed by atoms with Gasteiger partial charge in [-0.3, -0.25) is 0 Å². The van der Waals surface area contributed by atoms with Gasteiger partial charge in [-0.25, -0.2) is 4.79 Å². The topological polar surface area (TPSA) is 40.5 Å². The predicted octanol–water partition coefficient (Wildman–Crippen LogP) is 3.27. The van der Waals surface area contributed by atoms with Gasteiger partial charge in [-0.05, 0) is 30.5 Å². The van der Waals surface area contributed by atoms with Crippen LogP contribution in [0.3, 0.4) is 0 Å². The summed E-state index contributed by atoms with van der Waals surface area (Å²) in [6.45, 7) is 0.769. The molecular formula is C17H17NO2. The summed E-state index contributed by atoms with van der Waals surface area (Å²) in [5.41, 5.74) is 0.882. The summed E-state index contributed by atoms with van der Waals surface area (Å²) in [5, 5.41) is 9.91. The fourth-order valence-corrected chi connectivity index (χ4v) is 3.14. The summed E-state index contributed by atoms with van der Waals surface area (Å²) < 4.78 is 0. The summed E-state index contributed by atoms with van der Waals surface area (Å²) in [6, 6.07) is 19.4. The van der Waals surface area contributed by atoms with Crippen LogP contribution in [0.15, 0.2) is 60.7 Å². The second-order valence-electron chi connectivity index (χ2n) is 5.12. The van der Waals surface area contributed by atoms with Crippen molar-refractivity contribution in [2.24, 2.45) is 0 Å². The molecule has 2 aromatic carbocycles. The van der Waals surface area contributed by atoms with Crippen molar-refractivity contribution < 1.29 is 9.90 Å². The van der Waals surface area contributed by atoms with E-state index in [1.807, 2.05) is 65.6 Å². The van der Waals surface area contributed by atoms with Crippen LogP contribution >= 0.6 is 0 Å². The molecule has 3 nitrogen and oxygen atoms in total. The Morgan fingerprint density at radius 3 is 2.20 bits per heavy atom. The average Bonchev–Trinajstić information content (AvgIpc) is 2.95. The molecule has 0 aliphatic carbocycles. The Bertz CT molecular complexity index is 597. The van der Waals surface area contributed by atoms with Crippen molar-refractivity contribution >= 4 is 11.7 Å². The van der Waals surface area contributed by atoms with Gasteiger partial charge in [0.1, 0.15) is 0 Å². The zero-order chi connectivity index (χ0) is 14.0. The van der Waals surface area contributed by atoms with E-state index in [0.717, 1.165) is 24.2 Å². The van der Waals surface area contributed by atoms with Gasteiger partial charge in [-0.1, -0.05) is 48.5 Å². The first-order valence-electron chi connectivity index (χ1n) is 6.87. The standard InChI is InChI=1S/C17H17NO2/c19-16(20)17(14-8-3-1-4-9-14)12-7-13-18(17)15-10-5-2-6-11-15/h1-6,8-11H,7,12-13H2,(H,19,20)/t17-/m0/s1. The number of benzene rings is 2. The number of aliphatic carboxylic acids is 1. The Labute approximate surface area is 118 Å². The fourth-order valence-electron chi connectivity index (χ4n) is 3.14. The second-order valence-corrected chi connectivity index (χ2v) is 5.12. The van der Waals surface area contributed by atoms with E-state index in [4.69, 9.17) is 0 Å². The molecular weight excluding hydrogens is 250 g/mol. The lowest BCUT2D eigenvalue weighted by Crippen LogP contribution is -2.48. The van der Waals surface area contributed by atoms with Crippen molar-refractivity contribution in [2.75, 3.05) is 11.4 Å². The zero-order valence-electron chi connectivity index (χ0n) is 11.2. The van der Waals surface area contributed by atoms with E-state index in [1.54, 1.807) is 0 Å². The zero-order valence-corrected chi connectivity index (χ0v) is 11.2. The number of hydrogen-bond donors (Lipinski definition) is 1. The maximum Gasteiger partial charge on any atom is 0.334 e. The third-order valence-corrected chi connectivity index (χ3v) is 4.05. The summed E-state index contributed by atoms with van der Waals surface area (Å²) in [5.74, 6) is -0.773. The first-order chi connectivity index (χ1) is 9.75. The van der Waals surface area contributed by atoms with E-state index in [9.17, 15) is 9.90 Å². The maximum atomic E-state index is 12.1. The molecule has 0 unspecified atom stereocenters. The van der Waals surface area contributed by atoms with E-state index in [-0.39, 0.29) is 0 Å². The predicted molar refractivity (Wildman–Crippen MR) is 78.8 cm³/mol. The summed E-state index contributed by atoms with van der Waals surface area (Å²) in [4.78, 5) is 14.1. The van der Waals surface area contributed by atoms with Gasteiger partial charge in [-0.2, -0.15) is 0 Å². The van der Waals surface area contributed by atoms with Gasteiger partial charge in [-0.15, -0.1) is 0 Å². The molecule has 1 aliphatic heterocycles. The molecule has 2 aromatic rings. The normalized spacial score (nSPS) is 21.9. The summed E-state index contributed by atoms with van der Waals surface area (Å²) in [7, 11) is 0. The van der Waals surface area contributed by atoms with E-state index in [2.05, 4.69) is 0 Å². The fraction of sp³-hybridized carbons (Fsp3) is 0.235. The van der Waals surface area contributed by atoms with Crippen LogP contribution in [-0.4, -0.2) is 17.6 Å². The largest absolute Gasteiger partial charge is 0.479 e. The number of para-hydroxylation sites is 1. The summed E-state index contributed by atoms with van der Waals surface area (Å²) >= 11 is 0. The third-order valence-electron chi connectivity index (χ3n) is 4.05. The highest BCUT2D eigenvalue weighted by molar-refractivity contribution is 5.86. The quantitative estimate of drug-likeness (QED) is 0.928. The molecule has 0 saturated carbocycles. The minimum absolute atomic E-state index is 0.640. The summed E-state index contributed by atoms with van der Waals surface area (Å²) in [6.07, 6.45) is 1.53. The molecule has 0 spiro atoms. The van der Waals surface area contributed by atoms with Crippen molar-refractivity contribution in [3.63, 3.8) is 0 Å². The van der Waals surface area contributed by atoms with Crippen LogP contribution in [0.4, 0.5) is 5.69 Å². The number of hydrogen-bond acceptors (Lipinski definition) is 2. The minimum Gasteiger partial charge on any atom is -0.479 e. The van der Waals surface area contributed by atoms with E-state index in [1.165, 1.54) is 0 Å². The number of nitrogens with zero attached hydrogens (tertiary/aromatic N) is 1. The maximum absolute atomic E-state index is 12.1. The van der Waals surface area contributed by atoms with Crippen LogP contribution in [-0.2, 0) is 10.3 Å². The monoisotopic (exact) mass is 267 g/mol. The number of carbonyl (C=O) groups is 1. The molecule has 1 heterocycles. The molecule has 1 N–H and O–H groups in total. The lowest BCUT2D eigenvalue weighted by molar-refractivity contribution is -0.143. The van der Waals surface area contributed by atoms with Gasteiger partial charge >= 0.3 is 5.97 Å². The highest BCUT2D eigenvalue weighted by Crippen LogP contribution is 2.42. The van der Waals surface area contributed by atoms with Gasteiger partial charge in [0.2, 0.25) is 0 Å². The average molecular weight is 267 g/mol. The first kappa shape index (κ1) is 12.7. The number of rotatable bonds is 3. The number of carboxylic acids is 1. The smallest absolute Gasteiger partial charge is 0.334 e. The molecule has 1 saturated heterocycles. The van der Waals surface area contributed by atoms with E-state index < -0.39 is 11.5 Å². The van der Waals surface area contributed by atoms with Crippen molar-refractivity contribution in [3.8, 4) is 0 Å². The van der Waals surface area contributed by atoms with E-state index in [0.29, 0.717) is 6.42 Å². The molecule has 1 atom stereocenters. The highest BCUT2D eigenvalue weighted by atomic mass is 16.4. The lowest BCUT2D eigenvalue weighted by Gasteiger charge is -2.37. The molecule has 3 heteroatoms. The highest BCUT2D eigenvalue weighted by Gasteiger charge is 2.49. The van der Waals surface area contributed by atoms with Crippen molar-refractivity contribution in [3.05, 3.63) is 66.2 Å². The van der Waals surface area contributed by atoms with Gasteiger partial charge in [0.15, 0.2) is 5.54 Å². The van der Waals surface area contributed by atoms with Gasteiger partial charge in [0.25, 0.3) is 0 Å². The molecule has 3 rings (SSSR count). The van der Waals surface area contributed by atoms with Crippen LogP contribution in [0.2, 0.25) is 0 Å². The molecule has 0 aromatic heterocycles. The Kier molecular flexibility index (Phi) is 3.18. The minimum atomic E-state index is -0.942. The van der Waals surface area contributed by atoms with Crippen molar-refractivity contribution in [1.29, 1.82) is 0 Å². The third kappa shape index (κ3) is 1.86. The van der Waals surface area contributed by atoms with E-state index >= 15 is 0 Å². The van der Waals surface area contributed by atoms with Gasteiger partial charge in [0, 0.05) is 12.2 Å². The van der Waals surface area contributed by atoms with Crippen LogP contribution in [0, 0.1) is 0 Å². The first-order valence-corrected chi connectivity index (χ1v) is 6.87. The Morgan fingerprint density at radius 2 is 1.60 bits per heavy atom. The van der Waals surface area contributed by atoms with Crippen LogP contribution in [0.5, 0.6) is 0 Å². The SMILES string of the molecule is O=C(O)[C@@]1(c2ccccc2)CCCN1c1ccccc1. The number of carboxylic acid groups (broad SMARTS) is 1. The number of anilines is 1.